The second-order valence-corrected chi connectivity index (χ2v) is 12.5. The maximum Gasteiger partial charge on any atom is 0.416 e. The third-order valence-corrected chi connectivity index (χ3v) is 8.55. The van der Waals surface area contributed by atoms with E-state index in [9.17, 15) is 41.4 Å². The van der Waals surface area contributed by atoms with Gasteiger partial charge in [-0.25, -0.2) is 0 Å². The number of halogens is 8. The maximum absolute atomic E-state index is 12.7. The quantitative estimate of drug-likeness (QED) is 0.164. The summed E-state index contributed by atoms with van der Waals surface area (Å²) in [6.45, 7) is 7.75. The van der Waals surface area contributed by atoms with Crippen LogP contribution in [0.2, 0.25) is 10.0 Å². The van der Waals surface area contributed by atoms with E-state index in [1.54, 1.807) is 6.07 Å². The number of phenolic OH excluding ortho intramolecular Hbond substituents is 2. The van der Waals surface area contributed by atoms with Gasteiger partial charge in [-0.15, -0.1) is 0 Å². The van der Waals surface area contributed by atoms with Crippen LogP contribution in [0.4, 0.5) is 26.3 Å². The number of nitrogens with zero attached hydrogens (tertiary/aromatic N) is 3. The number of carbonyl (C=O) groups excluding carboxylic acids is 1. The van der Waals surface area contributed by atoms with Crippen molar-refractivity contribution in [1.82, 2.24) is 14.7 Å². The van der Waals surface area contributed by atoms with E-state index < -0.39 is 29.2 Å². The smallest absolute Gasteiger partial charge is 0.416 e. The molecule has 0 amide bonds. The Morgan fingerprint density at radius 2 is 1.08 bits per heavy atom. The third kappa shape index (κ3) is 8.61. The van der Waals surface area contributed by atoms with Gasteiger partial charge in [-0.3, -0.25) is 19.5 Å². The fourth-order valence-corrected chi connectivity index (χ4v) is 6.32. The maximum atomic E-state index is 12.7. The predicted molar refractivity (Wildman–Crippen MR) is 171 cm³/mol. The van der Waals surface area contributed by atoms with E-state index in [2.05, 4.69) is 14.7 Å². The molecule has 0 atom stereocenters. The highest BCUT2D eigenvalue weighted by molar-refractivity contribution is 6.33. The predicted octanol–water partition coefficient (Wildman–Crippen LogP) is 8.70. The minimum atomic E-state index is -4.45. The fourth-order valence-electron chi connectivity index (χ4n) is 5.91. The van der Waals surface area contributed by atoms with Crippen molar-refractivity contribution in [2.24, 2.45) is 5.92 Å². The number of hydrogen-bond acceptors (Lipinski definition) is 6. The molecule has 8 rings (SSSR count). The summed E-state index contributed by atoms with van der Waals surface area (Å²) in [5, 5.41) is 18.8. The highest BCUT2D eigenvalue weighted by Gasteiger charge is 2.38. The molecule has 254 valence electrons. The Labute approximate surface area is 282 Å². The lowest BCUT2D eigenvalue weighted by atomic mass is 10.0. The van der Waals surface area contributed by atoms with E-state index in [1.165, 1.54) is 88.2 Å². The molecular weight excluding hydrogens is 683 g/mol. The van der Waals surface area contributed by atoms with E-state index in [0.29, 0.717) is 23.0 Å². The normalized spacial score (nSPS) is 21.1. The average Bonchev–Trinajstić information content (AvgIpc) is 3.03. The third-order valence-electron chi connectivity index (χ3n) is 7.96. The van der Waals surface area contributed by atoms with Crippen molar-refractivity contribution in [3.8, 4) is 33.8 Å². The molecule has 0 radical (unpaired) electrons. The topological polar surface area (TPSA) is 67.2 Å². The van der Waals surface area contributed by atoms with Gasteiger partial charge < -0.3 is 10.2 Å². The van der Waals surface area contributed by atoms with Crippen molar-refractivity contribution in [3.63, 3.8) is 0 Å². The van der Waals surface area contributed by atoms with E-state index in [1.807, 2.05) is 0 Å². The summed E-state index contributed by atoms with van der Waals surface area (Å²) in [5.74, 6) is 0.459. The van der Waals surface area contributed by atoms with E-state index in [4.69, 9.17) is 23.2 Å². The average molecular weight is 713 g/mol. The Bertz CT molecular complexity index is 1730. The van der Waals surface area contributed by atoms with Gasteiger partial charge in [0.05, 0.1) is 46.7 Å². The summed E-state index contributed by atoms with van der Waals surface area (Å²) in [5.41, 5.74) is -0.109. The molecule has 2 N–H and O–H groups in total. The van der Waals surface area contributed by atoms with Gasteiger partial charge in [-0.05, 0) is 76.7 Å². The summed E-state index contributed by atoms with van der Waals surface area (Å²) in [6.07, 6.45) is -8.45. The van der Waals surface area contributed by atoms with E-state index in [0.717, 1.165) is 30.2 Å². The number of phenols is 2. The Kier molecular flexibility index (Phi) is 10.6. The first-order chi connectivity index (χ1) is 22.6. The van der Waals surface area contributed by atoms with Crippen LogP contribution in [0.3, 0.4) is 0 Å². The minimum Gasteiger partial charge on any atom is -0.506 e. The van der Waals surface area contributed by atoms with Crippen LogP contribution >= 0.6 is 23.2 Å². The molecule has 48 heavy (non-hydrogen) atoms. The van der Waals surface area contributed by atoms with Crippen LogP contribution < -0.4 is 0 Å². The standard InChI is InChI=1S/C14H8ClF3O2.C13H8ClF3O.C7H13N3/c15-12-6-9(4-10(7-19)13(12)20)8-2-1-3-11(5-8)14(16,17)18;14-11-7-9(4-5-12(11)18)8-2-1-3-10(6-8)13(15,16)17;1-7-2-9-4-8(1)5-10(3-7)6-9/h1-7,20H;1-7,18H;7H,1-6H2. The first-order valence-corrected chi connectivity index (χ1v) is 15.3. The summed E-state index contributed by atoms with van der Waals surface area (Å²) >= 11 is 11.5. The highest BCUT2D eigenvalue weighted by atomic mass is 35.5. The molecule has 4 bridgehead atoms. The molecule has 4 fully saturated rings. The molecule has 4 aromatic carbocycles. The van der Waals surface area contributed by atoms with Crippen molar-refractivity contribution in [2.45, 2.75) is 12.4 Å². The number of rotatable bonds is 3. The zero-order valence-corrected chi connectivity index (χ0v) is 26.6. The van der Waals surface area contributed by atoms with Crippen LogP contribution in [-0.4, -0.2) is 70.8 Å². The van der Waals surface area contributed by atoms with Gasteiger partial charge in [0.2, 0.25) is 0 Å². The molecule has 0 aromatic heterocycles. The molecule has 14 heteroatoms. The van der Waals surface area contributed by atoms with E-state index >= 15 is 0 Å². The fraction of sp³-hybridized carbons (Fsp3) is 0.265. The van der Waals surface area contributed by atoms with Crippen molar-refractivity contribution >= 4 is 29.5 Å². The van der Waals surface area contributed by atoms with Crippen LogP contribution in [0.1, 0.15) is 21.5 Å². The van der Waals surface area contributed by atoms with Crippen molar-refractivity contribution < 1.29 is 41.4 Å². The lowest BCUT2D eigenvalue weighted by molar-refractivity contribution is -0.138. The molecule has 4 aromatic rings. The summed E-state index contributed by atoms with van der Waals surface area (Å²) in [7, 11) is 0. The summed E-state index contributed by atoms with van der Waals surface area (Å²) in [6, 6.07) is 16.4. The van der Waals surface area contributed by atoms with E-state index in [-0.39, 0.29) is 26.9 Å². The number of carbonyl (C=O) groups is 1. The van der Waals surface area contributed by atoms with Crippen molar-refractivity contribution in [2.75, 3.05) is 39.6 Å². The van der Waals surface area contributed by atoms with Gasteiger partial charge in [0.1, 0.15) is 11.5 Å². The summed E-state index contributed by atoms with van der Waals surface area (Å²) < 4.78 is 75.6. The van der Waals surface area contributed by atoms with Crippen LogP contribution in [0.5, 0.6) is 11.5 Å². The second kappa shape index (κ2) is 14.4. The number of benzene rings is 4. The zero-order valence-electron chi connectivity index (χ0n) is 25.1. The van der Waals surface area contributed by atoms with Crippen LogP contribution in [0.15, 0.2) is 78.9 Å². The van der Waals surface area contributed by atoms with Crippen LogP contribution in [0, 0.1) is 5.92 Å². The van der Waals surface area contributed by atoms with Crippen molar-refractivity contribution in [1.29, 1.82) is 0 Å². The van der Waals surface area contributed by atoms with Gasteiger partial charge in [0.25, 0.3) is 0 Å². The molecule has 4 aliphatic heterocycles. The first-order valence-electron chi connectivity index (χ1n) is 14.6. The molecular formula is C34H29Cl2F6N3O3. The van der Waals surface area contributed by atoms with Gasteiger partial charge >= 0.3 is 12.4 Å². The van der Waals surface area contributed by atoms with Gasteiger partial charge in [0, 0.05) is 19.6 Å². The Hall–Kier alpha value is -3.81. The highest BCUT2D eigenvalue weighted by Crippen LogP contribution is 2.37. The Balaban J connectivity index is 0.000000147. The second-order valence-electron chi connectivity index (χ2n) is 11.7. The molecule has 4 aliphatic rings. The molecule has 0 saturated carbocycles. The molecule has 4 saturated heterocycles. The monoisotopic (exact) mass is 711 g/mol. The Morgan fingerprint density at radius 1 is 0.625 bits per heavy atom. The SMILES string of the molecule is C1C2CN3CN1CN(C2)C3.O=Cc1cc(-c2cccc(C(F)(F)F)c2)cc(Cl)c1O.Oc1ccc(-c2cccc(C(F)(F)F)c2)cc1Cl. The van der Waals surface area contributed by atoms with Crippen molar-refractivity contribution in [3.05, 3.63) is 106 Å². The molecule has 6 nitrogen and oxygen atoms in total. The minimum absolute atomic E-state index is 0.0788. The first kappa shape index (κ1) is 35.5. The molecule has 0 unspecified atom stereocenters. The van der Waals surface area contributed by atoms with Gasteiger partial charge in [-0.1, -0.05) is 53.5 Å². The Morgan fingerprint density at radius 3 is 1.52 bits per heavy atom. The van der Waals surface area contributed by atoms with Crippen LogP contribution in [0.25, 0.3) is 22.3 Å². The number of aldehydes is 1. The number of alkyl halides is 6. The number of hydrogen-bond donors (Lipinski definition) is 2. The lowest BCUT2D eigenvalue weighted by Gasteiger charge is -2.54. The molecule has 0 aliphatic carbocycles. The van der Waals surface area contributed by atoms with Gasteiger partial charge in [-0.2, -0.15) is 26.3 Å². The molecule has 0 spiro atoms. The lowest BCUT2D eigenvalue weighted by Crippen LogP contribution is -2.67. The molecule has 4 heterocycles. The largest absolute Gasteiger partial charge is 0.506 e. The summed E-state index contributed by atoms with van der Waals surface area (Å²) in [4.78, 5) is 18.4. The number of aromatic hydroxyl groups is 2. The van der Waals surface area contributed by atoms with Gasteiger partial charge in [0.15, 0.2) is 6.29 Å². The van der Waals surface area contributed by atoms with Crippen LogP contribution in [-0.2, 0) is 12.4 Å². The zero-order chi connectivity index (χ0) is 34.8.